The smallest absolute Gasteiger partial charge is 0.325 e. The minimum atomic E-state index is -3.60. The van der Waals surface area contributed by atoms with Gasteiger partial charge < -0.3 is 5.73 Å². The van der Waals surface area contributed by atoms with E-state index in [2.05, 4.69) is 9.97 Å². The largest absolute Gasteiger partial charge is 0.336 e. The second kappa shape index (κ2) is 4.05. The highest BCUT2D eigenvalue weighted by Gasteiger charge is 2.37. The summed E-state index contributed by atoms with van der Waals surface area (Å²) in [5, 5.41) is 1.84. The molecule has 0 fully saturated rings. The molecular formula is C7H8F2N4O. The topological polar surface area (TPSA) is 80.9 Å². The van der Waals surface area contributed by atoms with Crippen molar-refractivity contribution < 1.29 is 13.6 Å². The van der Waals surface area contributed by atoms with Crippen molar-refractivity contribution in [2.75, 3.05) is 11.9 Å². The molecule has 14 heavy (non-hydrogen) atoms. The monoisotopic (exact) mass is 202 g/mol. The van der Waals surface area contributed by atoms with Gasteiger partial charge >= 0.3 is 5.92 Å². The number of nitrogens with one attached hydrogen (secondary N) is 1. The van der Waals surface area contributed by atoms with E-state index in [0.29, 0.717) is 0 Å². The van der Waals surface area contributed by atoms with E-state index in [1.54, 1.807) is 0 Å². The maximum absolute atomic E-state index is 12.6. The van der Waals surface area contributed by atoms with Crippen molar-refractivity contribution in [3.05, 3.63) is 18.5 Å². The lowest BCUT2D eigenvalue weighted by molar-refractivity contribution is -0.138. The molecule has 1 aromatic heterocycles. The fraction of sp³-hybridized carbons (Fsp3) is 0.286. The second-order valence-corrected chi connectivity index (χ2v) is 2.44. The number of carbonyl (C=O) groups excluding carboxylic acids is 1. The van der Waals surface area contributed by atoms with Crippen molar-refractivity contribution in [2.45, 2.75) is 5.92 Å². The van der Waals surface area contributed by atoms with Crippen molar-refractivity contribution in [1.29, 1.82) is 0 Å². The number of amides is 1. The van der Waals surface area contributed by atoms with Gasteiger partial charge in [0.1, 0.15) is 0 Å². The van der Waals surface area contributed by atoms with Crippen LogP contribution in [0.5, 0.6) is 0 Å². The standard InChI is InChI=1S/C7H8F2N4O/c8-7(9,4-10)5(14)13-6-11-2-1-3-12-6/h1-3H,4,10H2,(H,11,12,13,14). The van der Waals surface area contributed by atoms with Crippen LogP contribution in [0.2, 0.25) is 0 Å². The summed E-state index contributed by atoms with van der Waals surface area (Å²) in [5.41, 5.74) is 4.71. The summed E-state index contributed by atoms with van der Waals surface area (Å²) in [6.45, 7) is -1.05. The molecule has 0 saturated heterocycles. The Morgan fingerprint density at radius 2 is 2.07 bits per heavy atom. The van der Waals surface area contributed by atoms with Crippen molar-refractivity contribution in [3.8, 4) is 0 Å². The lowest BCUT2D eigenvalue weighted by atomic mass is 10.3. The molecule has 0 aliphatic carbocycles. The molecular weight excluding hydrogens is 194 g/mol. The number of rotatable bonds is 3. The van der Waals surface area contributed by atoms with Crippen molar-refractivity contribution >= 4 is 11.9 Å². The highest BCUT2D eigenvalue weighted by atomic mass is 19.3. The van der Waals surface area contributed by atoms with Crippen LogP contribution in [0.3, 0.4) is 0 Å². The summed E-state index contributed by atoms with van der Waals surface area (Å²) < 4.78 is 25.3. The third kappa shape index (κ3) is 2.43. The number of alkyl halides is 2. The maximum atomic E-state index is 12.6. The first kappa shape index (κ1) is 10.5. The van der Waals surface area contributed by atoms with E-state index >= 15 is 0 Å². The quantitative estimate of drug-likeness (QED) is 0.723. The summed E-state index contributed by atoms with van der Waals surface area (Å²) in [6, 6.07) is 1.50. The fourth-order valence-electron chi connectivity index (χ4n) is 0.649. The number of anilines is 1. The molecule has 0 aromatic carbocycles. The van der Waals surface area contributed by atoms with Gasteiger partial charge in [-0.1, -0.05) is 0 Å². The van der Waals surface area contributed by atoms with Crippen molar-refractivity contribution in [1.82, 2.24) is 9.97 Å². The molecule has 3 N–H and O–H groups in total. The van der Waals surface area contributed by atoms with E-state index in [9.17, 15) is 13.6 Å². The van der Waals surface area contributed by atoms with Gasteiger partial charge in [-0.2, -0.15) is 8.78 Å². The van der Waals surface area contributed by atoms with Crippen LogP contribution >= 0.6 is 0 Å². The number of halogens is 2. The Hall–Kier alpha value is -1.63. The maximum Gasteiger partial charge on any atom is 0.336 e. The predicted molar refractivity (Wildman–Crippen MR) is 44.7 cm³/mol. The minimum absolute atomic E-state index is 0.175. The molecule has 1 aromatic rings. The predicted octanol–water partition coefficient (Wildman–Crippen LogP) is 0.00910. The van der Waals surface area contributed by atoms with Crippen LogP contribution in [-0.4, -0.2) is 28.3 Å². The van der Waals surface area contributed by atoms with Crippen LogP contribution in [-0.2, 0) is 4.79 Å². The van der Waals surface area contributed by atoms with Gasteiger partial charge in [0.05, 0.1) is 6.54 Å². The molecule has 0 bridgehead atoms. The Bertz CT molecular complexity index is 317. The van der Waals surface area contributed by atoms with Crippen LogP contribution in [0.25, 0.3) is 0 Å². The molecule has 0 aliphatic heterocycles. The van der Waals surface area contributed by atoms with Gasteiger partial charge in [-0.25, -0.2) is 9.97 Å². The van der Waals surface area contributed by atoms with Crippen molar-refractivity contribution in [3.63, 3.8) is 0 Å². The van der Waals surface area contributed by atoms with Gasteiger partial charge in [-0.3, -0.25) is 10.1 Å². The molecule has 1 rings (SSSR count). The molecule has 0 atom stereocenters. The number of hydrogen-bond donors (Lipinski definition) is 2. The molecule has 0 spiro atoms. The molecule has 1 heterocycles. The third-order valence-corrected chi connectivity index (χ3v) is 1.38. The fourth-order valence-corrected chi connectivity index (χ4v) is 0.649. The van der Waals surface area contributed by atoms with E-state index in [0.717, 1.165) is 0 Å². The second-order valence-electron chi connectivity index (χ2n) is 2.44. The SMILES string of the molecule is NCC(F)(F)C(=O)Nc1ncccn1. The van der Waals surface area contributed by atoms with Gasteiger partial charge in [0, 0.05) is 12.4 Å². The molecule has 5 nitrogen and oxygen atoms in total. The van der Waals surface area contributed by atoms with E-state index in [1.807, 2.05) is 5.32 Å². The van der Waals surface area contributed by atoms with Crippen LogP contribution in [0.15, 0.2) is 18.5 Å². The first-order valence-electron chi connectivity index (χ1n) is 3.72. The number of nitrogens with zero attached hydrogens (tertiary/aromatic N) is 2. The first-order valence-corrected chi connectivity index (χ1v) is 3.72. The molecule has 7 heteroatoms. The van der Waals surface area contributed by atoms with Gasteiger partial charge in [0.25, 0.3) is 5.91 Å². The lowest BCUT2D eigenvalue weighted by Crippen LogP contribution is -2.41. The first-order chi connectivity index (χ1) is 6.56. The zero-order valence-electron chi connectivity index (χ0n) is 7.08. The van der Waals surface area contributed by atoms with Crippen LogP contribution in [0.4, 0.5) is 14.7 Å². The summed E-state index contributed by atoms with van der Waals surface area (Å²) in [7, 11) is 0. The Balaban J connectivity index is 2.67. The summed E-state index contributed by atoms with van der Waals surface area (Å²) in [6.07, 6.45) is 2.65. The van der Waals surface area contributed by atoms with E-state index in [1.165, 1.54) is 18.5 Å². The van der Waals surface area contributed by atoms with Crippen LogP contribution in [0, 0.1) is 0 Å². The van der Waals surface area contributed by atoms with E-state index < -0.39 is 18.4 Å². The van der Waals surface area contributed by atoms with Gasteiger partial charge in [0.2, 0.25) is 5.95 Å². The Labute approximate surface area is 78.3 Å². The minimum Gasteiger partial charge on any atom is -0.325 e. The highest BCUT2D eigenvalue weighted by molar-refractivity contribution is 5.94. The lowest BCUT2D eigenvalue weighted by Gasteiger charge is -2.11. The number of hydrogen-bond acceptors (Lipinski definition) is 4. The van der Waals surface area contributed by atoms with Crippen LogP contribution < -0.4 is 11.1 Å². The van der Waals surface area contributed by atoms with Crippen LogP contribution in [0.1, 0.15) is 0 Å². The number of carbonyl (C=O) groups is 1. The average molecular weight is 202 g/mol. The molecule has 0 aliphatic rings. The van der Waals surface area contributed by atoms with Gasteiger partial charge in [-0.05, 0) is 6.07 Å². The summed E-state index contributed by atoms with van der Waals surface area (Å²) in [5.74, 6) is -5.28. The molecule has 0 radical (unpaired) electrons. The van der Waals surface area contributed by atoms with Gasteiger partial charge in [0.15, 0.2) is 0 Å². The summed E-state index contributed by atoms with van der Waals surface area (Å²) >= 11 is 0. The zero-order valence-corrected chi connectivity index (χ0v) is 7.08. The molecule has 0 saturated carbocycles. The van der Waals surface area contributed by atoms with E-state index in [4.69, 9.17) is 5.73 Å². The number of aromatic nitrogens is 2. The van der Waals surface area contributed by atoms with E-state index in [-0.39, 0.29) is 5.95 Å². The molecule has 76 valence electrons. The highest BCUT2D eigenvalue weighted by Crippen LogP contribution is 2.12. The normalized spacial score (nSPS) is 11.1. The Morgan fingerprint density at radius 1 is 1.50 bits per heavy atom. The zero-order chi connectivity index (χ0) is 10.6. The molecule has 1 amide bonds. The Morgan fingerprint density at radius 3 is 2.57 bits per heavy atom. The number of nitrogens with two attached hydrogens (primary N) is 1. The van der Waals surface area contributed by atoms with Gasteiger partial charge in [-0.15, -0.1) is 0 Å². The summed E-state index contributed by atoms with van der Waals surface area (Å²) in [4.78, 5) is 17.9. The Kier molecular flexibility index (Phi) is 3.03. The molecule has 0 unspecified atom stereocenters. The van der Waals surface area contributed by atoms with Crippen molar-refractivity contribution in [2.24, 2.45) is 5.73 Å². The average Bonchev–Trinajstić information content (AvgIpc) is 2.19. The third-order valence-electron chi connectivity index (χ3n) is 1.38.